The fourth-order valence-electron chi connectivity index (χ4n) is 3.69. The number of rotatable bonds is 6. The highest BCUT2D eigenvalue weighted by molar-refractivity contribution is 5.92. The van der Waals surface area contributed by atoms with Crippen molar-refractivity contribution in [2.75, 3.05) is 11.9 Å². The van der Waals surface area contributed by atoms with E-state index in [4.69, 9.17) is 0 Å². The molecule has 130 valence electrons. The molecule has 0 aromatic heterocycles. The minimum atomic E-state index is -0.331. The van der Waals surface area contributed by atoms with Crippen molar-refractivity contribution in [3.05, 3.63) is 29.8 Å². The van der Waals surface area contributed by atoms with Crippen LogP contribution in [0.25, 0.3) is 0 Å². The molecule has 2 N–H and O–H groups in total. The molecule has 0 heterocycles. The molecular weight excluding hydrogens is 300 g/mol. The number of nitrogens with one attached hydrogen (secondary N) is 2. The normalized spacial score (nSPS) is 19.5. The Labute approximate surface area is 144 Å². The van der Waals surface area contributed by atoms with Crippen molar-refractivity contribution in [1.29, 1.82) is 0 Å². The third-order valence-corrected chi connectivity index (χ3v) is 5.50. The third kappa shape index (κ3) is 3.80. The van der Waals surface area contributed by atoms with Crippen LogP contribution in [-0.2, 0) is 15.0 Å². The highest BCUT2D eigenvalue weighted by atomic mass is 16.2. The summed E-state index contributed by atoms with van der Waals surface area (Å²) < 4.78 is 0. The number of hydrogen-bond acceptors (Lipinski definition) is 2. The molecule has 4 heteroatoms. The molecule has 0 unspecified atom stereocenters. The molecule has 1 aromatic rings. The maximum absolute atomic E-state index is 12.7. The topological polar surface area (TPSA) is 58.2 Å². The Kier molecular flexibility index (Phi) is 5.22. The van der Waals surface area contributed by atoms with Gasteiger partial charge in [-0.3, -0.25) is 9.59 Å². The zero-order valence-corrected chi connectivity index (χ0v) is 14.6. The molecule has 2 fully saturated rings. The summed E-state index contributed by atoms with van der Waals surface area (Å²) in [6.07, 6.45) is 8.75. The number of benzene rings is 1. The van der Waals surface area contributed by atoms with Crippen LogP contribution in [0.2, 0.25) is 0 Å². The van der Waals surface area contributed by atoms with Gasteiger partial charge in [0, 0.05) is 18.7 Å². The first-order valence-electron chi connectivity index (χ1n) is 9.33. The van der Waals surface area contributed by atoms with Crippen LogP contribution in [0, 0.1) is 5.92 Å². The summed E-state index contributed by atoms with van der Waals surface area (Å²) >= 11 is 0. The number of carbonyl (C=O) groups is 2. The third-order valence-electron chi connectivity index (χ3n) is 5.50. The van der Waals surface area contributed by atoms with Gasteiger partial charge in [0.25, 0.3) is 0 Å². The second-order valence-electron chi connectivity index (χ2n) is 7.28. The lowest BCUT2D eigenvalue weighted by molar-refractivity contribution is -0.123. The van der Waals surface area contributed by atoms with Gasteiger partial charge >= 0.3 is 0 Å². The lowest BCUT2D eigenvalue weighted by Gasteiger charge is -2.23. The van der Waals surface area contributed by atoms with Crippen LogP contribution in [0.5, 0.6) is 0 Å². The highest BCUT2D eigenvalue weighted by Gasteiger charge is 2.51. The maximum Gasteiger partial charge on any atom is 0.230 e. The summed E-state index contributed by atoms with van der Waals surface area (Å²) in [6.45, 7) is 2.66. The van der Waals surface area contributed by atoms with Crippen LogP contribution in [0.15, 0.2) is 24.3 Å². The van der Waals surface area contributed by atoms with Crippen molar-refractivity contribution in [2.45, 2.75) is 63.7 Å². The highest BCUT2D eigenvalue weighted by Crippen LogP contribution is 2.48. The van der Waals surface area contributed by atoms with Gasteiger partial charge in [-0.15, -0.1) is 0 Å². The number of anilines is 1. The first-order chi connectivity index (χ1) is 11.6. The van der Waals surface area contributed by atoms with Gasteiger partial charge in [-0.2, -0.15) is 0 Å². The first-order valence-corrected chi connectivity index (χ1v) is 9.33. The van der Waals surface area contributed by atoms with Gasteiger partial charge in [-0.25, -0.2) is 0 Å². The van der Waals surface area contributed by atoms with Crippen molar-refractivity contribution in [3.63, 3.8) is 0 Å². The predicted molar refractivity (Wildman–Crippen MR) is 95.9 cm³/mol. The maximum atomic E-state index is 12.7. The Morgan fingerprint density at radius 2 is 1.75 bits per heavy atom. The van der Waals surface area contributed by atoms with E-state index in [9.17, 15) is 9.59 Å². The van der Waals surface area contributed by atoms with E-state index in [1.165, 1.54) is 32.1 Å². The minimum absolute atomic E-state index is 0.00844. The van der Waals surface area contributed by atoms with E-state index in [0.29, 0.717) is 12.3 Å². The fraction of sp³-hybridized carbons (Fsp3) is 0.600. The van der Waals surface area contributed by atoms with Crippen LogP contribution in [0.1, 0.15) is 63.9 Å². The summed E-state index contributed by atoms with van der Waals surface area (Å²) in [5.41, 5.74) is 1.53. The Hall–Kier alpha value is -1.84. The quantitative estimate of drug-likeness (QED) is 0.835. The predicted octanol–water partition coefficient (Wildman–Crippen LogP) is 3.76. The standard InChI is InChI=1S/C20H28N2O2/c1-2-18(23)22-17-10-8-16(9-11-17)20(12-13-20)19(24)21-14-15-6-4-3-5-7-15/h8-11,15H,2-7,12-14H2,1H3,(H,21,24)(H,22,23). The molecule has 2 aliphatic rings. The van der Waals surface area contributed by atoms with Gasteiger partial charge in [0.2, 0.25) is 11.8 Å². The Morgan fingerprint density at radius 1 is 1.08 bits per heavy atom. The van der Waals surface area contributed by atoms with Crippen molar-refractivity contribution >= 4 is 17.5 Å². The molecule has 1 aromatic carbocycles. The van der Waals surface area contributed by atoms with E-state index in [1.807, 2.05) is 31.2 Å². The Morgan fingerprint density at radius 3 is 2.33 bits per heavy atom. The molecule has 2 saturated carbocycles. The fourth-order valence-corrected chi connectivity index (χ4v) is 3.69. The van der Waals surface area contributed by atoms with Crippen LogP contribution in [-0.4, -0.2) is 18.4 Å². The van der Waals surface area contributed by atoms with Gasteiger partial charge in [0.15, 0.2) is 0 Å². The van der Waals surface area contributed by atoms with Crippen LogP contribution in [0.4, 0.5) is 5.69 Å². The van der Waals surface area contributed by atoms with Gasteiger partial charge in [0.1, 0.15) is 0 Å². The van der Waals surface area contributed by atoms with Crippen molar-refractivity contribution < 1.29 is 9.59 Å². The van der Waals surface area contributed by atoms with Gasteiger partial charge < -0.3 is 10.6 Å². The molecular formula is C20H28N2O2. The summed E-state index contributed by atoms with van der Waals surface area (Å²) in [5, 5.41) is 6.05. The van der Waals surface area contributed by atoms with E-state index in [1.54, 1.807) is 0 Å². The SMILES string of the molecule is CCC(=O)Nc1ccc(C2(C(=O)NCC3CCCCC3)CC2)cc1. The largest absolute Gasteiger partial charge is 0.355 e. The number of carbonyl (C=O) groups excluding carboxylic acids is 2. The Bertz CT molecular complexity index is 584. The van der Waals surface area contributed by atoms with Crippen molar-refractivity contribution in [2.24, 2.45) is 5.92 Å². The zero-order valence-electron chi connectivity index (χ0n) is 14.6. The van der Waals surface area contributed by atoms with E-state index in [0.717, 1.165) is 30.6 Å². The van der Waals surface area contributed by atoms with E-state index in [2.05, 4.69) is 10.6 Å². The average Bonchev–Trinajstić information content (AvgIpc) is 3.43. The molecule has 2 amide bonds. The molecule has 2 aliphatic carbocycles. The van der Waals surface area contributed by atoms with Crippen molar-refractivity contribution in [3.8, 4) is 0 Å². The zero-order chi connectivity index (χ0) is 17.0. The number of amides is 2. The van der Waals surface area contributed by atoms with Crippen LogP contribution < -0.4 is 10.6 Å². The second-order valence-corrected chi connectivity index (χ2v) is 7.28. The summed E-state index contributed by atoms with van der Waals surface area (Å²) in [6, 6.07) is 7.77. The lowest BCUT2D eigenvalue weighted by Crippen LogP contribution is -2.38. The molecule has 0 aliphatic heterocycles. The van der Waals surface area contributed by atoms with Crippen molar-refractivity contribution in [1.82, 2.24) is 5.32 Å². The van der Waals surface area contributed by atoms with E-state index in [-0.39, 0.29) is 17.2 Å². The molecule has 4 nitrogen and oxygen atoms in total. The molecule has 0 bridgehead atoms. The minimum Gasteiger partial charge on any atom is -0.355 e. The average molecular weight is 328 g/mol. The number of hydrogen-bond donors (Lipinski definition) is 2. The van der Waals surface area contributed by atoms with Gasteiger partial charge in [-0.1, -0.05) is 38.3 Å². The van der Waals surface area contributed by atoms with E-state index < -0.39 is 0 Å². The molecule has 24 heavy (non-hydrogen) atoms. The summed E-state index contributed by atoms with van der Waals surface area (Å²) in [7, 11) is 0. The van der Waals surface area contributed by atoms with E-state index >= 15 is 0 Å². The van der Waals surface area contributed by atoms with Gasteiger partial charge in [-0.05, 0) is 49.3 Å². The molecule has 3 rings (SSSR count). The Balaban J connectivity index is 1.58. The molecule has 0 spiro atoms. The summed E-state index contributed by atoms with van der Waals surface area (Å²) in [5.74, 6) is 0.845. The first kappa shape index (κ1) is 17.0. The lowest BCUT2D eigenvalue weighted by atomic mass is 9.88. The molecule has 0 radical (unpaired) electrons. The summed E-state index contributed by atoms with van der Waals surface area (Å²) in [4.78, 5) is 24.1. The van der Waals surface area contributed by atoms with Gasteiger partial charge in [0.05, 0.1) is 5.41 Å². The molecule has 0 saturated heterocycles. The van der Waals surface area contributed by atoms with Crippen LogP contribution >= 0.6 is 0 Å². The molecule has 0 atom stereocenters. The monoisotopic (exact) mass is 328 g/mol. The smallest absolute Gasteiger partial charge is 0.230 e. The second kappa shape index (κ2) is 7.37. The van der Waals surface area contributed by atoms with Crippen LogP contribution in [0.3, 0.4) is 0 Å².